The second-order valence-electron chi connectivity index (χ2n) is 8.06. The zero-order chi connectivity index (χ0) is 22.7. The van der Waals surface area contributed by atoms with Gasteiger partial charge in [0, 0.05) is 49.1 Å². The molecule has 7 nitrogen and oxygen atoms in total. The number of hydrogen-bond donors (Lipinski definition) is 0. The molecule has 32 heavy (non-hydrogen) atoms. The van der Waals surface area contributed by atoms with Gasteiger partial charge in [-0.1, -0.05) is 30.8 Å². The molecule has 4 rings (SSSR count). The van der Waals surface area contributed by atoms with Crippen LogP contribution in [0.2, 0.25) is 0 Å². The van der Waals surface area contributed by atoms with Crippen LogP contribution in [0.15, 0.2) is 57.4 Å². The number of fused-ring (bicyclic) bond motifs is 1. The van der Waals surface area contributed by atoms with E-state index in [-0.39, 0.29) is 16.6 Å². The van der Waals surface area contributed by atoms with Crippen LogP contribution in [0.4, 0.5) is 5.69 Å². The molecule has 0 N–H and O–H groups in total. The number of thioether (sulfide) groups is 2. The summed E-state index contributed by atoms with van der Waals surface area (Å²) >= 11 is 3.14. The number of carbonyl (C=O) groups excluding carboxylic acids is 1. The van der Waals surface area contributed by atoms with E-state index in [0.717, 1.165) is 30.1 Å². The van der Waals surface area contributed by atoms with Gasteiger partial charge in [0.1, 0.15) is 4.90 Å². The fourth-order valence-corrected chi connectivity index (χ4v) is 6.94. The van der Waals surface area contributed by atoms with Crippen LogP contribution in [-0.2, 0) is 14.8 Å². The number of benzene rings is 1. The summed E-state index contributed by atoms with van der Waals surface area (Å²) in [6.07, 6.45) is 2.34. The van der Waals surface area contributed by atoms with Gasteiger partial charge in [0.25, 0.3) is 0 Å². The van der Waals surface area contributed by atoms with Gasteiger partial charge in [-0.3, -0.25) is 4.79 Å². The van der Waals surface area contributed by atoms with Gasteiger partial charge in [0.15, 0.2) is 0 Å². The van der Waals surface area contributed by atoms with Gasteiger partial charge in [-0.15, -0.1) is 11.8 Å². The summed E-state index contributed by atoms with van der Waals surface area (Å²) in [7, 11) is -1.55. The smallest absolute Gasteiger partial charge is 0.244 e. The third kappa shape index (κ3) is 5.31. The Labute approximate surface area is 198 Å². The van der Waals surface area contributed by atoms with E-state index >= 15 is 0 Å². The van der Waals surface area contributed by atoms with E-state index in [1.165, 1.54) is 22.3 Å². The molecule has 2 aliphatic rings. The largest absolute Gasteiger partial charge is 0.311 e. The number of piperazine rings is 1. The lowest BCUT2D eigenvalue weighted by Crippen LogP contribution is -2.47. The van der Waals surface area contributed by atoms with E-state index in [0.29, 0.717) is 29.9 Å². The Balaban J connectivity index is 1.40. The predicted molar refractivity (Wildman–Crippen MR) is 130 cm³/mol. The molecule has 1 fully saturated rings. The molecule has 1 aromatic heterocycles. The number of anilines is 1. The predicted octanol–water partition coefficient (Wildman–Crippen LogP) is 3.03. The lowest BCUT2D eigenvalue weighted by molar-refractivity contribution is -0.116. The summed E-state index contributed by atoms with van der Waals surface area (Å²) in [6, 6.07) is 11.3. The van der Waals surface area contributed by atoms with E-state index < -0.39 is 10.0 Å². The fraction of sp³-hybridized carbons (Fsp3) is 0.455. The summed E-state index contributed by atoms with van der Waals surface area (Å²) < 4.78 is 27.2. The highest BCUT2D eigenvalue weighted by atomic mass is 32.2. The maximum Gasteiger partial charge on any atom is 0.244 e. The topological polar surface area (TPSA) is 73.8 Å². The van der Waals surface area contributed by atoms with Crippen molar-refractivity contribution >= 4 is 45.1 Å². The number of aromatic nitrogens is 1. The third-order valence-electron chi connectivity index (χ3n) is 5.70. The Morgan fingerprint density at radius 3 is 2.59 bits per heavy atom. The van der Waals surface area contributed by atoms with Crippen molar-refractivity contribution in [3.63, 3.8) is 0 Å². The number of sulfonamides is 1. The lowest BCUT2D eigenvalue weighted by Gasteiger charge is -2.31. The summed E-state index contributed by atoms with van der Waals surface area (Å²) in [5, 5.41) is 1.10. The van der Waals surface area contributed by atoms with Gasteiger partial charge < -0.3 is 9.80 Å². The van der Waals surface area contributed by atoms with Crippen LogP contribution < -0.4 is 4.90 Å². The Hall–Kier alpha value is -1.59. The first-order valence-corrected chi connectivity index (χ1v) is 14.0. The highest BCUT2D eigenvalue weighted by Gasteiger charge is 2.28. The number of amides is 1. The van der Waals surface area contributed by atoms with Crippen molar-refractivity contribution in [3.05, 3.63) is 42.6 Å². The van der Waals surface area contributed by atoms with Crippen molar-refractivity contribution in [1.29, 1.82) is 0 Å². The van der Waals surface area contributed by atoms with Crippen molar-refractivity contribution in [2.24, 2.45) is 0 Å². The number of pyridine rings is 1. The van der Waals surface area contributed by atoms with E-state index in [2.05, 4.69) is 22.9 Å². The maximum atomic E-state index is 13.0. The number of likely N-dealkylation sites (N-methyl/N-ethyl adjacent to an activating group) is 1. The van der Waals surface area contributed by atoms with Crippen LogP contribution in [0.3, 0.4) is 0 Å². The van der Waals surface area contributed by atoms with Gasteiger partial charge in [-0.25, -0.2) is 13.4 Å². The van der Waals surface area contributed by atoms with Crippen LogP contribution in [0.5, 0.6) is 0 Å². The third-order valence-corrected chi connectivity index (χ3v) is 9.75. The van der Waals surface area contributed by atoms with Crippen molar-refractivity contribution in [2.75, 3.05) is 50.4 Å². The quantitative estimate of drug-likeness (QED) is 0.594. The first kappa shape index (κ1) is 23.6. The van der Waals surface area contributed by atoms with E-state index in [1.807, 2.05) is 41.9 Å². The second-order valence-corrected chi connectivity index (χ2v) is 12.5. The molecule has 172 valence electrons. The number of rotatable bonds is 5. The van der Waals surface area contributed by atoms with Gasteiger partial charge in [0.2, 0.25) is 15.9 Å². The first-order chi connectivity index (χ1) is 15.3. The first-order valence-electron chi connectivity index (χ1n) is 10.7. The van der Waals surface area contributed by atoms with Gasteiger partial charge in [-0.2, -0.15) is 4.31 Å². The van der Waals surface area contributed by atoms with Crippen LogP contribution in [0, 0.1) is 0 Å². The van der Waals surface area contributed by atoms with Crippen molar-refractivity contribution in [1.82, 2.24) is 14.2 Å². The Morgan fingerprint density at radius 2 is 1.88 bits per heavy atom. The molecule has 3 heterocycles. The Morgan fingerprint density at radius 1 is 1.12 bits per heavy atom. The Kier molecular flexibility index (Phi) is 7.46. The summed E-state index contributed by atoms with van der Waals surface area (Å²) in [5.74, 6) is 0.290. The zero-order valence-electron chi connectivity index (χ0n) is 18.3. The van der Waals surface area contributed by atoms with Gasteiger partial charge in [-0.05, 0) is 37.7 Å². The molecule has 1 amide bonds. The van der Waals surface area contributed by atoms with Crippen LogP contribution in [0.1, 0.15) is 13.3 Å². The maximum absolute atomic E-state index is 13.0. The van der Waals surface area contributed by atoms with Crippen molar-refractivity contribution in [2.45, 2.75) is 33.4 Å². The number of nitrogens with zero attached hydrogens (tertiary/aromatic N) is 4. The van der Waals surface area contributed by atoms with Gasteiger partial charge in [0.05, 0.1) is 16.5 Å². The molecule has 0 spiro atoms. The molecule has 0 aliphatic carbocycles. The summed E-state index contributed by atoms with van der Waals surface area (Å²) in [6.45, 7) is 5.29. The Bertz CT molecular complexity index is 1050. The standard InChI is InChI=1S/C22H28N4O3S3/c1-17-9-10-26(19-5-3-4-6-20(19)31-17)22(27)16-30-21-8-7-18(15-23-21)32(28,29)25-13-11-24(2)12-14-25/h3-8,15,17H,9-14,16H2,1-2H3/t17-/m1/s1. The molecule has 1 aromatic carbocycles. The molecule has 2 aliphatic heterocycles. The van der Waals surface area contributed by atoms with Crippen molar-refractivity contribution in [3.8, 4) is 0 Å². The average molecular weight is 493 g/mol. The molecule has 0 saturated carbocycles. The molecular formula is C22H28N4O3S3. The molecule has 1 saturated heterocycles. The molecule has 0 bridgehead atoms. The van der Waals surface area contributed by atoms with Crippen LogP contribution in [-0.4, -0.2) is 79.3 Å². The summed E-state index contributed by atoms with van der Waals surface area (Å²) in [5.41, 5.74) is 0.967. The highest BCUT2D eigenvalue weighted by molar-refractivity contribution is 8.00. The monoisotopic (exact) mass is 492 g/mol. The average Bonchev–Trinajstić information content (AvgIpc) is 2.96. The molecule has 2 aromatic rings. The molecular weight excluding hydrogens is 464 g/mol. The second kappa shape index (κ2) is 10.1. The fourth-order valence-electron chi connectivity index (χ4n) is 3.74. The SMILES string of the molecule is C[C@@H]1CCN(C(=O)CSc2ccc(S(=O)(=O)N3CCN(C)CC3)cn2)c2ccccc2S1. The normalized spacial score (nSPS) is 20.6. The van der Waals surface area contributed by atoms with E-state index in [9.17, 15) is 13.2 Å². The highest BCUT2D eigenvalue weighted by Crippen LogP contribution is 2.37. The molecule has 10 heteroatoms. The lowest BCUT2D eigenvalue weighted by atomic mass is 10.2. The van der Waals surface area contributed by atoms with E-state index in [4.69, 9.17) is 0 Å². The molecule has 0 radical (unpaired) electrons. The zero-order valence-corrected chi connectivity index (χ0v) is 20.8. The van der Waals surface area contributed by atoms with Crippen LogP contribution >= 0.6 is 23.5 Å². The number of para-hydroxylation sites is 1. The number of hydrogen-bond acceptors (Lipinski definition) is 7. The minimum Gasteiger partial charge on any atom is -0.311 e. The van der Waals surface area contributed by atoms with Crippen molar-refractivity contribution < 1.29 is 13.2 Å². The molecule has 1 atom stereocenters. The van der Waals surface area contributed by atoms with Gasteiger partial charge >= 0.3 is 0 Å². The van der Waals surface area contributed by atoms with Crippen LogP contribution in [0.25, 0.3) is 0 Å². The number of carbonyl (C=O) groups is 1. The van der Waals surface area contributed by atoms with E-state index in [1.54, 1.807) is 12.1 Å². The minimum absolute atomic E-state index is 0.0353. The molecule has 0 unspecified atom stereocenters. The minimum atomic E-state index is -3.54. The summed E-state index contributed by atoms with van der Waals surface area (Å²) in [4.78, 5) is 22.6.